The number of benzene rings is 2. The number of halogens is 1. The molecule has 0 saturated heterocycles. The van der Waals surface area contributed by atoms with Crippen LogP contribution in [-0.4, -0.2) is 27.6 Å². The van der Waals surface area contributed by atoms with Crippen LogP contribution in [0.15, 0.2) is 67.0 Å². The molecule has 5 N–H and O–H groups in total. The van der Waals surface area contributed by atoms with Crippen LogP contribution in [0.3, 0.4) is 0 Å². The van der Waals surface area contributed by atoms with Gasteiger partial charge in [0, 0.05) is 18.8 Å². The van der Waals surface area contributed by atoms with Gasteiger partial charge in [0.1, 0.15) is 23.1 Å². The third-order valence-corrected chi connectivity index (χ3v) is 6.24. The fourth-order valence-corrected chi connectivity index (χ4v) is 4.31. The van der Waals surface area contributed by atoms with Crippen molar-refractivity contribution in [1.82, 2.24) is 9.36 Å². The largest absolute Gasteiger partial charge is 0.366 e. The van der Waals surface area contributed by atoms with Crippen molar-refractivity contribution in [3.63, 3.8) is 0 Å². The van der Waals surface area contributed by atoms with Crippen LogP contribution in [-0.2, 0) is 11.2 Å². The van der Waals surface area contributed by atoms with Gasteiger partial charge in [-0.25, -0.2) is 10.2 Å². The highest BCUT2D eigenvalue weighted by Crippen LogP contribution is 2.31. The topological polar surface area (TPSA) is 127 Å². The number of amides is 1. The van der Waals surface area contributed by atoms with Crippen molar-refractivity contribution in [3.05, 3.63) is 89.6 Å². The van der Waals surface area contributed by atoms with E-state index in [1.807, 2.05) is 43.3 Å². The van der Waals surface area contributed by atoms with Crippen molar-refractivity contribution in [3.8, 4) is 11.1 Å². The molecule has 0 spiro atoms. The Labute approximate surface area is 205 Å². The van der Waals surface area contributed by atoms with Gasteiger partial charge in [0.15, 0.2) is 0 Å². The first kappa shape index (κ1) is 24.0. The number of anilines is 3. The lowest BCUT2D eigenvalue weighted by molar-refractivity contribution is -0.109. The number of aldehydes is 1. The lowest BCUT2D eigenvalue weighted by Gasteiger charge is -2.26. The minimum atomic E-state index is -0.853. The van der Waals surface area contributed by atoms with E-state index >= 15 is 0 Å². The quantitative estimate of drug-likeness (QED) is 0.184. The van der Waals surface area contributed by atoms with E-state index in [-0.39, 0.29) is 23.4 Å². The van der Waals surface area contributed by atoms with Crippen molar-refractivity contribution in [1.29, 1.82) is 0 Å². The van der Waals surface area contributed by atoms with Gasteiger partial charge in [0.2, 0.25) is 0 Å². The smallest absolute Gasteiger partial charge is 0.250 e. The Morgan fingerprint density at radius 1 is 1.14 bits per heavy atom. The van der Waals surface area contributed by atoms with E-state index in [2.05, 4.69) is 14.7 Å². The fourth-order valence-electron chi connectivity index (χ4n) is 3.63. The Morgan fingerprint density at radius 2 is 1.83 bits per heavy atom. The van der Waals surface area contributed by atoms with E-state index in [0.29, 0.717) is 11.3 Å². The molecule has 2 aromatic carbocycles. The number of hydrogen-bond acceptors (Lipinski definition) is 8. The number of primary amides is 1. The number of hydrogen-bond donors (Lipinski definition) is 3. The molecule has 1 atom stereocenters. The number of nitrogens with one attached hydrogen (secondary N) is 1. The Balaban J connectivity index is 1.58. The summed E-state index contributed by atoms with van der Waals surface area (Å²) < 4.78 is 19.2. The van der Waals surface area contributed by atoms with Crippen LogP contribution in [0.1, 0.15) is 21.6 Å². The van der Waals surface area contributed by atoms with Crippen LogP contribution in [0.25, 0.3) is 11.1 Å². The normalized spacial score (nSPS) is 11.6. The van der Waals surface area contributed by atoms with Gasteiger partial charge in [-0.2, -0.15) is 4.37 Å². The maximum Gasteiger partial charge on any atom is 0.250 e. The third-order valence-electron chi connectivity index (χ3n) is 5.44. The number of carbonyl (C=O) groups is 2. The zero-order valence-electron chi connectivity index (χ0n) is 18.8. The second-order valence-corrected chi connectivity index (χ2v) is 8.72. The summed E-state index contributed by atoms with van der Waals surface area (Å²) in [5, 5.41) is 4.75. The van der Waals surface area contributed by atoms with Crippen molar-refractivity contribution in [2.24, 2.45) is 11.6 Å². The first-order valence-electron chi connectivity index (χ1n) is 10.7. The molecule has 2 aromatic heterocycles. The van der Waals surface area contributed by atoms with Crippen molar-refractivity contribution < 1.29 is 14.0 Å². The second-order valence-electron chi connectivity index (χ2n) is 7.92. The molecule has 0 aliphatic heterocycles. The number of nitrogens with two attached hydrogens (primary N) is 2. The summed E-state index contributed by atoms with van der Waals surface area (Å²) in [6, 6.07) is 14.8. The van der Waals surface area contributed by atoms with Gasteiger partial charge >= 0.3 is 0 Å². The van der Waals surface area contributed by atoms with Crippen molar-refractivity contribution >= 4 is 40.1 Å². The van der Waals surface area contributed by atoms with E-state index in [1.54, 1.807) is 18.5 Å². The zero-order chi connectivity index (χ0) is 24.9. The summed E-state index contributed by atoms with van der Waals surface area (Å²) in [6.45, 7) is 1.83. The number of hydrazine groups is 1. The van der Waals surface area contributed by atoms with Gasteiger partial charge in [0.05, 0.1) is 22.6 Å². The Bertz CT molecular complexity index is 1340. The monoisotopic (exact) mass is 490 g/mol. The van der Waals surface area contributed by atoms with Crippen molar-refractivity contribution in [2.75, 3.05) is 10.3 Å². The molecule has 0 fully saturated rings. The highest BCUT2D eigenvalue weighted by molar-refractivity contribution is 7.10. The van der Waals surface area contributed by atoms with Gasteiger partial charge in [-0.3, -0.25) is 14.8 Å². The predicted molar refractivity (Wildman–Crippen MR) is 135 cm³/mol. The molecule has 0 aliphatic rings. The van der Waals surface area contributed by atoms with Gasteiger partial charge in [-0.05, 0) is 65.5 Å². The Kier molecular flexibility index (Phi) is 7.14. The van der Waals surface area contributed by atoms with E-state index in [9.17, 15) is 14.0 Å². The molecule has 4 aromatic rings. The highest BCUT2D eigenvalue weighted by atomic mass is 32.1. The molecule has 0 radical (unpaired) electrons. The lowest BCUT2D eigenvalue weighted by Crippen LogP contribution is -2.44. The highest BCUT2D eigenvalue weighted by Gasteiger charge is 2.23. The molecule has 0 saturated carbocycles. The molecule has 178 valence electrons. The van der Waals surface area contributed by atoms with Gasteiger partial charge in [0.25, 0.3) is 5.91 Å². The minimum absolute atomic E-state index is 0.0416. The maximum absolute atomic E-state index is 15.0. The fraction of sp³-hybridized carbons (Fsp3) is 0.120. The number of aryl methyl sites for hydroxylation is 1. The third kappa shape index (κ3) is 5.51. The first-order valence-corrected chi connectivity index (χ1v) is 11.5. The minimum Gasteiger partial charge on any atom is -0.366 e. The molecule has 35 heavy (non-hydrogen) atoms. The summed E-state index contributed by atoms with van der Waals surface area (Å²) in [5.41, 5.74) is 9.28. The standard InChI is InChI=1S/C25H23FN6O2S/c1-15-10-24(35-31-15)30-22-13-23(21(26)12-20(22)25(27)34)32(28)19(14-33)11-16-2-4-17(5-3-16)18-6-8-29-9-7-18/h2-10,12-14,19,30H,11,28H2,1H3,(H2,27,34)/t19-/m1/s1. The van der Waals surface area contributed by atoms with Crippen LogP contribution >= 0.6 is 11.5 Å². The van der Waals surface area contributed by atoms with Gasteiger partial charge in [-0.15, -0.1) is 0 Å². The molecule has 10 heteroatoms. The Morgan fingerprint density at radius 3 is 2.43 bits per heavy atom. The second kappa shape index (κ2) is 10.4. The molecule has 2 heterocycles. The van der Waals surface area contributed by atoms with Crippen LogP contribution in [0.2, 0.25) is 0 Å². The molecule has 1 amide bonds. The van der Waals surface area contributed by atoms with E-state index in [1.165, 1.54) is 17.6 Å². The Hall–Kier alpha value is -4.15. The molecule has 0 aliphatic carbocycles. The number of pyridine rings is 1. The number of rotatable bonds is 9. The number of nitrogens with zero attached hydrogens (tertiary/aromatic N) is 3. The van der Waals surface area contributed by atoms with Crippen LogP contribution < -0.4 is 21.9 Å². The van der Waals surface area contributed by atoms with E-state index in [4.69, 9.17) is 11.6 Å². The number of aromatic nitrogens is 2. The first-order chi connectivity index (χ1) is 16.9. The molecular formula is C25H23FN6O2S. The average molecular weight is 491 g/mol. The summed E-state index contributed by atoms with van der Waals surface area (Å²) >= 11 is 1.18. The van der Waals surface area contributed by atoms with Crippen LogP contribution in [0.4, 0.5) is 20.8 Å². The van der Waals surface area contributed by atoms with E-state index in [0.717, 1.165) is 33.5 Å². The maximum atomic E-state index is 15.0. The zero-order valence-corrected chi connectivity index (χ0v) is 19.6. The average Bonchev–Trinajstić information content (AvgIpc) is 3.28. The molecular weight excluding hydrogens is 467 g/mol. The lowest BCUT2D eigenvalue weighted by atomic mass is 10.0. The van der Waals surface area contributed by atoms with Crippen molar-refractivity contribution in [2.45, 2.75) is 19.4 Å². The SMILES string of the molecule is Cc1cc(Nc2cc(N(N)[C@@H](C=O)Cc3ccc(-c4ccncc4)cc3)c(F)cc2C(N)=O)sn1. The summed E-state index contributed by atoms with van der Waals surface area (Å²) in [5.74, 6) is 4.64. The summed E-state index contributed by atoms with van der Waals surface area (Å²) in [4.78, 5) is 27.9. The number of carbonyl (C=O) groups excluding carboxylic acids is 2. The summed E-state index contributed by atoms with van der Waals surface area (Å²) in [6.07, 6.45) is 4.35. The summed E-state index contributed by atoms with van der Waals surface area (Å²) in [7, 11) is 0. The van der Waals surface area contributed by atoms with Gasteiger partial charge in [-0.1, -0.05) is 24.3 Å². The molecule has 0 unspecified atom stereocenters. The predicted octanol–water partition coefficient (Wildman–Crippen LogP) is 3.99. The molecule has 4 rings (SSSR count). The van der Waals surface area contributed by atoms with E-state index < -0.39 is 17.8 Å². The van der Waals surface area contributed by atoms with Crippen LogP contribution in [0.5, 0.6) is 0 Å². The molecule has 0 bridgehead atoms. The molecule has 8 nitrogen and oxygen atoms in total. The van der Waals surface area contributed by atoms with Gasteiger partial charge < -0.3 is 15.8 Å². The van der Waals surface area contributed by atoms with Crippen LogP contribution in [0, 0.1) is 12.7 Å².